The molecule has 0 bridgehead atoms. The Hall–Kier alpha value is -1.18. The van der Waals surface area contributed by atoms with Crippen LogP contribution in [0.2, 0.25) is 0 Å². The van der Waals surface area contributed by atoms with Gasteiger partial charge in [0.1, 0.15) is 0 Å². The summed E-state index contributed by atoms with van der Waals surface area (Å²) < 4.78 is 24.8. The van der Waals surface area contributed by atoms with Crippen molar-refractivity contribution >= 4 is 11.9 Å². The molecular formula is C51H97NO6. The minimum Gasteiger partial charge on any atom is -0.466 e. The maximum absolute atomic E-state index is 12.6. The molecule has 58 heavy (non-hydrogen) atoms. The van der Waals surface area contributed by atoms with Crippen LogP contribution in [0.1, 0.15) is 252 Å². The van der Waals surface area contributed by atoms with E-state index >= 15 is 0 Å². The van der Waals surface area contributed by atoms with E-state index in [9.17, 15) is 9.59 Å². The van der Waals surface area contributed by atoms with E-state index in [2.05, 4.69) is 32.6 Å². The number of hydrogen-bond donors (Lipinski definition) is 0. The van der Waals surface area contributed by atoms with Crippen molar-refractivity contribution in [3.8, 4) is 0 Å². The summed E-state index contributed by atoms with van der Waals surface area (Å²) in [4.78, 5) is 27.8. The van der Waals surface area contributed by atoms with Gasteiger partial charge < -0.3 is 23.8 Å². The van der Waals surface area contributed by atoms with Crippen LogP contribution in [0.5, 0.6) is 0 Å². The third kappa shape index (κ3) is 27.6. The Balaban J connectivity index is 1.63. The first kappa shape index (κ1) is 53.0. The Bertz CT molecular complexity index is 877. The highest BCUT2D eigenvalue weighted by atomic mass is 16.7. The Kier molecular flexibility index (Phi) is 33.3. The fourth-order valence-electron chi connectivity index (χ4n) is 9.32. The highest BCUT2D eigenvalue weighted by Crippen LogP contribution is 2.35. The molecule has 0 saturated carbocycles. The molecule has 1 unspecified atom stereocenters. The molecule has 342 valence electrons. The van der Waals surface area contributed by atoms with Crippen LogP contribution < -0.4 is 0 Å². The van der Waals surface area contributed by atoms with Crippen LogP contribution in [-0.4, -0.2) is 68.2 Å². The lowest BCUT2D eigenvalue weighted by Crippen LogP contribution is -2.39. The van der Waals surface area contributed by atoms with Crippen LogP contribution in [0.15, 0.2) is 0 Å². The van der Waals surface area contributed by atoms with Gasteiger partial charge in [-0.05, 0) is 89.1 Å². The van der Waals surface area contributed by atoms with E-state index in [1.807, 2.05) is 0 Å². The zero-order chi connectivity index (χ0) is 41.8. The molecule has 1 atom stereocenters. The monoisotopic (exact) mass is 820 g/mol. The van der Waals surface area contributed by atoms with Crippen molar-refractivity contribution in [1.29, 1.82) is 0 Å². The zero-order valence-electron chi connectivity index (χ0n) is 39.1. The van der Waals surface area contributed by atoms with Crippen LogP contribution in [-0.2, 0) is 28.5 Å². The van der Waals surface area contributed by atoms with Gasteiger partial charge in [0.2, 0.25) is 0 Å². The summed E-state index contributed by atoms with van der Waals surface area (Å²) in [6, 6.07) is 0. The molecule has 2 rings (SSSR count). The molecule has 0 radical (unpaired) electrons. The third-order valence-electron chi connectivity index (χ3n) is 13.0. The summed E-state index contributed by atoms with van der Waals surface area (Å²) in [6.07, 6.45) is 40.7. The van der Waals surface area contributed by atoms with Crippen molar-refractivity contribution in [2.45, 2.75) is 264 Å². The van der Waals surface area contributed by atoms with Crippen LogP contribution >= 0.6 is 0 Å². The summed E-state index contributed by atoms with van der Waals surface area (Å²) in [6.45, 7) is 14.3. The van der Waals surface area contributed by atoms with E-state index in [1.165, 1.54) is 174 Å². The lowest BCUT2D eigenvalue weighted by molar-refractivity contribution is -0.181. The fraction of sp³-hybridized carbons (Fsp3) is 0.961. The first-order chi connectivity index (χ1) is 28.4. The number of carbonyl (C=O) groups excluding carboxylic acids is 2. The van der Waals surface area contributed by atoms with Gasteiger partial charge in [-0.1, -0.05) is 163 Å². The molecule has 2 aliphatic heterocycles. The van der Waals surface area contributed by atoms with Crippen molar-refractivity contribution in [2.24, 2.45) is 11.8 Å². The van der Waals surface area contributed by atoms with E-state index in [-0.39, 0.29) is 18.0 Å². The minimum absolute atomic E-state index is 0.0193. The van der Waals surface area contributed by atoms with Crippen molar-refractivity contribution in [2.75, 3.05) is 39.5 Å². The molecule has 2 aliphatic rings. The van der Waals surface area contributed by atoms with E-state index in [0.29, 0.717) is 37.9 Å². The standard InChI is InChI=1S/C51H97NO6/c1-5-9-22-32-46(33-23-10-6-2)42-49(53)55-40-30-19-15-13-17-26-36-51(57-45-48(58-51)44-52-38-28-21-29-39-52)37-27-18-14-16-20-31-41-56-50(54)43-47(34-24-11-7-3)35-25-12-8-4/h46-48H,5-45H2,1-4H3. The average Bonchev–Trinajstić information content (AvgIpc) is 3.62. The molecule has 0 spiro atoms. The van der Waals surface area contributed by atoms with Crippen molar-refractivity contribution in [1.82, 2.24) is 4.90 Å². The van der Waals surface area contributed by atoms with E-state index in [0.717, 1.165) is 64.5 Å². The zero-order valence-corrected chi connectivity index (χ0v) is 39.1. The first-order valence-electron chi connectivity index (χ1n) is 25.8. The number of piperidine rings is 1. The van der Waals surface area contributed by atoms with E-state index in [4.69, 9.17) is 18.9 Å². The molecule has 0 aromatic heterocycles. The maximum Gasteiger partial charge on any atom is 0.306 e. The van der Waals surface area contributed by atoms with Gasteiger partial charge in [0.25, 0.3) is 0 Å². The second-order valence-corrected chi connectivity index (χ2v) is 18.6. The molecule has 7 heteroatoms. The predicted molar refractivity (Wildman–Crippen MR) is 243 cm³/mol. The van der Waals surface area contributed by atoms with Crippen LogP contribution in [0.4, 0.5) is 0 Å². The van der Waals surface area contributed by atoms with Crippen LogP contribution in [0.3, 0.4) is 0 Å². The molecule has 0 aliphatic carbocycles. The Morgan fingerprint density at radius 2 is 0.931 bits per heavy atom. The third-order valence-corrected chi connectivity index (χ3v) is 13.0. The highest BCUT2D eigenvalue weighted by Gasteiger charge is 2.41. The lowest BCUT2D eigenvalue weighted by atomic mass is 9.92. The summed E-state index contributed by atoms with van der Waals surface area (Å²) in [5.74, 6) is 0.619. The quantitative estimate of drug-likeness (QED) is 0.0450. The maximum atomic E-state index is 12.6. The second kappa shape index (κ2) is 36.5. The number of carbonyl (C=O) groups is 2. The molecular weight excluding hydrogens is 723 g/mol. The number of esters is 2. The second-order valence-electron chi connectivity index (χ2n) is 18.6. The molecule has 0 aromatic carbocycles. The predicted octanol–water partition coefficient (Wildman–Crippen LogP) is 14.5. The van der Waals surface area contributed by atoms with Crippen LogP contribution in [0.25, 0.3) is 0 Å². The van der Waals surface area contributed by atoms with Gasteiger partial charge in [-0.3, -0.25) is 9.59 Å². The van der Waals surface area contributed by atoms with Gasteiger partial charge in [-0.15, -0.1) is 0 Å². The molecule has 2 heterocycles. The molecule has 0 amide bonds. The molecule has 7 nitrogen and oxygen atoms in total. The fourth-order valence-corrected chi connectivity index (χ4v) is 9.32. The molecule has 0 aromatic rings. The van der Waals surface area contributed by atoms with E-state index in [1.54, 1.807) is 0 Å². The summed E-state index contributed by atoms with van der Waals surface area (Å²) in [5.41, 5.74) is 0. The molecule has 2 fully saturated rings. The lowest BCUT2D eigenvalue weighted by Gasteiger charge is -2.31. The normalized spacial score (nSPS) is 17.1. The van der Waals surface area contributed by atoms with Crippen molar-refractivity contribution in [3.05, 3.63) is 0 Å². The van der Waals surface area contributed by atoms with Gasteiger partial charge in [0.15, 0.2) is 5.79 Å². The molecule has 2 saturated heterocycles. The minimum atomic E-state index is -0.418. The number of hydrogen-bond acceptors (Lipinski definition) is 7. The van der Waals surface area contributed by atoms with E-state index < -0.39 is 5.79 Å². The Morgan fingerprint density at radius 1 is 0.534 bits per heavy atom. The summed E-state index contributed by atoms with van der Waals surface area (Å²) in [7, 11) is 0. The number of ether oxygens (including phenoxy) is 4. The average molecular weight is 820 g/mol. The number of rotatable bonds is 40. The highest BCUT2D eigenvalue weighted by molar-refractivity contribution is 5.70. The first-order valence-corrected chi connectivity index (χ1v) is 25.8. The summed E-state index contributed by atoms with van der Waals surface area (Å²) >= 11 is 0. The molecule has 0 N–H and O–H groups in total. The van der Waals surface area contributed by atoms with Gasteiger partial charge >= 0.3 is 11.9 Å². The number of unbranched alkanes of at least 4 members (excludes halogenated alkanes) is 18. The van der Waals surface area contributed by atoms with Gasteiger partial charge in [-0.2, -0.15) is 0 Å². The van der Waals surface area contributed by atoms with Crippen LogP contribution in [0, 0.1) is 11.8 Å². The number of nitrogens with zero attached hydrogens (tertiary/aromatic N) is 1. The SMILES string of the molecule is CCCCCC(CCCCC)CC(=O)OCCCCCCCCC1(CCCCCCCCOC(=O)CC(CCCCC)CCCCC)OCC(CN2CCCCC2)O1. The smallest absolute Gasteiger partial charge is 0.306 e. The van der Waals surface area contributed by atoms with Gasteiger partial charge in [0.05, 0.1) is 25.9 Å². The largest absolute Gasteiger partial charge is 0.466 e. The van der Waals surface area contributed by atoms with Gasteiger partial charge in [-0.25, -0.2) is 0 Å². The summed E-state index contributed by atoms with van der Waals surface area (Å²) in [5, 5.41) is 0. The Morgan fingerprint density at radius 3 is 1.34 bits per heavy atom. The number of likely N-dealkylation sites (tertiary alicyclic amines) is 1. The topological polar surface area (TPSA) is 74.3 Å². The van der Waals surface area contributed by atoms with Crippen molar-refractivity contribution < 1.29 is 28.5 Å². The Labute approximate surface area is 360 Å². The van der Waals surface area contributed by atoms with Crippen molar-refractivity contribution in [3.63, 3.8) is 0 Å². The van der Waals surface area contributed by atoms with Gasteiger partial charge in [0, 0.05) is 32.2 Å².